The standard InChI is InChI=1S/C19H23N5O/c1-4-24(13-15-7-9-20-10-8-15)18-6-5-16(12-21-18)19-22-17(23-25-19)11-14(2)3/h5-10,12,14H,4,11,13H2,1-3H3. The lowest BCUT2D eigenvalue weighted by atomic mass is 10.1. The molecule has 6 heteroatoms. The summed E-state index contributed by atoms with van der Waals surface area (Å²) in [5.41, 5.74) is 2.05. The first-order chi connectivity index (χ1) is 12.2. The number of hydrogen-bond acceptors (Lipinski definition) is 6. The molecule has 0 aliphatic rings. The number of pyridine rings is 2. The van der Waals surface area contributed by atoms with Crippen LogP contribution in [0.5, 0.6) is 0 Å². The smallest absolute Gasteiger partial charge is 0.259 e. The zero-order valence-electron chi connectivity index (χ0n) is 14.9. The van der Waals surface area contributed by atoms with Gasteiger partial charge in [-0.2, -0.15) is 4.98 Å². The van der Waals surface area contributed by atoms with Gasteiger partial charge in [-0.05, 0) is 42.7 Å². The van der Waals surface area contributed by atoms with Gasteiger partial charge in [0, 0.05) is 38.1 Å². The Morgan fingerprint density at radius 3 is 2.56 bits per heavy atom. The predicted octanol–water partition coefficient (Wildman–Crippen LogP) is 3.75. The second-order valence-corrected chi connectivity index (χ2v) is 6.39. The lowest BCUT2D eigenvalue weighted by Gasteiger charge is -2.22. The van der Waals surface area contributed by atoms with E-state index >= 15 is 0 Å². The van der Waals surface area contributed by atoms with Crippen LogP contribution >= 0.6 is 0 Å². The summed E-state index contributed by atoms with van der Waals surface area (Å²) in [4.78, 5) is 15.3. The Balaban J connectivity index is 1.73. The molecule has 0 N–H and O–H groups in total. The quantitative estimate of drug-likeness (QED) is 0.654. The monoisotopic (exact) mass is 337 g/mol. The maximum atomic E-state index is 5.35. The van der Waals surface area contributed by atoms with Gasteiger partial charge in [-0.15, -0.1) is 0 Å². The van der Waals surface area contributed by atoms with Crippen molar-refractivity contribution < 1.29 is 4.52 Å². The van der Waals surface area contributed by atoms with Crippen LogP contribution in [0.1, 0.15) is 32.2 Å². The van der Waals surface area contributed by atoms with Gasteiger partial charge in [-0.1, -0.05) is 19.0 Å². The van der Waals surface area contributed by atoms with Gasteiger partial charge in [0.1, 0.15) is 5.82 Å². The Morgan fingerprint density at radius 1 is 1.12 bits per heavy atom. The molecule has 0 aliphatic carbocycles. The van der Waals surface area contributed by atoms with Crippen LogP contribution in [-0.4, -0.2) is 26.7 Å². The molecule has 3 aromatic heterocycles. The van der Waals surface area contributed by atoms with Gasteiger partial charge < -0.3 is 9.42 Å². The molecule has 0 aliphatic heterocycles. The highest BCUT2D eigenvalue weighted by Crippen LogP contribution is 2.21. The van der Waals surface area contributed by atoms with E-state index in [0.717, 1.165) is 36.7 Å². The molecule has 3 heterocycles. The van der Waals surface area contributed by atoms with E-state index in [4.69, 9.17) is 4.52 Å². The highest BCUT2D eigenvalue weighted by molar-refractivity contribution is 5.54. The van der Waals surface area contributed by atoms with E-state index in [1.807, 2.05) is 36.7 Å². The third kappa shape index (κ3) is 4.41. The van der Waals surface area contributed by atoms with Crippen LogP contribution in [0.2, 0.25) is 0 Å². The summed E-state index contributed by atoms with van der Waals surface area (Å²) in [6.45, 7) is 8.05. The Morgan fingerprint density at radius 2 is 1.92 bits per heavy atom. The highest BCUT2D eigenvalue weighted by Gasteiger charge is 2.12. The van der Waals surface area contributed by atoms with Gasteiger partial charge in [-0.3, -0.25) is 4.98 Å². The Bertz CT molecular complexity index is 783. The molecule has 0 saturated heterocycles. The van der Waals surface area contributed by atoms with E-state index in [-0.39, 0.29) is 0 Å². The van der Waals surface area contributed by atoms with E-state index in [1.165, 1.54) is 5.56 Å². The van der Waals surface area contributed by atoms with Crippen molar-refractivity contribution in [3.8, 4) is 11.5 Å². The van der Waals surface area contributed by atoms with Crippen LogP contribution in [0.15, 0.2) is 47.4 Å². The van der Waals surface area contributed by atoms with Crippen molar-refractivity contribution in [2.75, 3.05) is 11.4 Å². The average molecular weight is 337 g/mol. The molecule has 0 radical (unpaired) electrons. The van der Waals surface area contributed by atoms with Crippen molar-refractivity contribution in [1.82, 2.24) is 20.1 Å². The zero-order valence-corrected chi connectivity index (χ0v) is 14.9. The minimum atomic E-state index is 0.497. The van der Waals surface area contributed by atoms with Gasteiger partial charge in [0.2, 0.25) is 0 Å². The predicted molar refractivity (Wildman–Crippen MR) is 97.0 cm³/mol. The third-order valence-corrected chi connectivity index (χ3v) is 3.88. The summed E-state index contributed by atoms with van der Waals surface area (Å²) in [5, 5.41) is 4.03. The van der Waals surface area contributed by atoms with Crippen molar-refractivity contribution in [3.63, 3.8) is 0 Å². The molecular formula is C19H23N5O. The first kappa shape index (κ1) is 17.1. The molecule has 6 nitrogen and oxygen atoms in total. The molecule has 3 rings (SSSR count). The summed E-state index contributed by atoms with van der Waals surface area (Å²) < 4.78 is 5.35. The maximum absolute atomic E-state index is 5.35. The second-order valence-electron chi connectivity index (χ2n) is 6.39. The summed E-state index contributed by atoms with van der Waals surface area (Å²) in [5.74, 6) is 2.68. The SMILES string of the molecule is CCN(Cc1ccncc1)c1ccc(-c2nc(CC(C)C)no2)cn1. The molecule has 0 aromatic carbocycles. The Hall–Kier alpha value is -2.76. The number of anilines is 1. The van der Waals surface area contributed by atoms with Crippen molar-refractivity contribution in [1.29, 1.82) is 0 Å². The molecule has 0 bridgehead atoms. The first-order valence-corrected chi connectivity index (χ1v) is 8.58. The molecule has 0 fully saturated rings. The number of nitrogens with zero attached hydrogens (tertiary/aromatic N) is 5. The number of hydrogen-bond donors (Lipinski definition) is 0. The number of rotatable bonds is 7. The first-order valence-electron chi connectivity index (χ1n) is 8.58. The minimum Gasteiger partial charge on any atom is -0.353 e. The summed E-state index contributed by atoms with van der Waals surface area (Å²) in [7, 11) is 0. The fraction of sp³-hybridized carbons (Fsp3) is 0.368. The highest BCUT2D eigenvalue weighted by atomic mass is 16.5. The molecule has 0 spiro atoms. The third-order valence-electron chi connectivity index (χ3n) is 3.88. The molecule has 25 heavy (non-hydrogen) atoms. The fourth-order valence-electron chi connectivity index (χ4n) is 2.58. The summed E-state index contributed by atoms with van der Waals surface area (Å²) >= 11 is 0. The van der Waals surface area contributed by atoms with Gasteiger partial charge in [-0.25, -0.2) is 4.98 Å². The normalized spacial score (nSPS) is 11.0. The topological polar surface area (TPSA) is 67.9 Å². The lowest BCUT2D eigenvalue weighted by molar-refractivity contribution is 0.417. The van der Waals surface area contributed by atoms with E-state index < -0.39 is 0 Å². The zero-order chi connectivity index (χ0) is 17.6. The summed E-state index contributed by atoms with van der Waals surface area (Å²) in [6.07, 6.45) is 6.22. The largest absolute Gasteiger partial charge is 0.353 e. The second kappa shape index (κ2) is 7.88. The van der Waals surface area contributed by atoms with Crippen molar-refractivity contribution >= 4 is 5.82 Å². The van der Waals surface area contributed by atoms with E-state index in [2.05, 4.69) is 45.8 Å². The lowest BCUT2D eigenvalue weighted by Crippen LogP contribution is -2.22. The molecule has 0 amide bonds. The van der Waals surface area contributed by atoms with Crippen LogP contribution < -0.4 is 4.90 Å². The van der Waals surface area contributed by atoms with Crippen LogP contribution in [0.4, 0.5) is 5.82 Å². The Kier molecular flexibility index (Phi) is 5.38. The van der Waals surface area contributed by atoms with Gasteiger partial charge in [0.25, 0.3) is 5.89 Å². The average Bonchev–Trinajstić information content (AvgIpc) is 3.08. The molecule has 0 unspecified atom stereocenters. The van der Waals surface area contributed by atoms with Gasteiger partial charge >= 0.3 is 0 Å². The van der Waals surface area contributed by atoms with Crippen LogP contribution in [0, 0.1) is 5.92 Å². The molecule has 0 saturated carbocycles. The van der Waals surface area contributed by atoms with Crippen molar-refractivity contribution in [2.45, 2.75) is 33.7 Å². The van der Waals surface area contributed by atoms with Gasteiger partial charge in [0.05, 0.1) is 5.56 Å². The van der Waals surface area contributed by atoms with Gasteiger partial charge in [0.15, 0.2) is 5.82 Å². The summed E-state index contributed by atoms with van der Waals surface area (Å²) in [6, 6.07) is 8.01. The number of aromatic nitrogens is 4. The Labute approximate surface area is 147 Å². The van der Waals surface area contributed by atoms with E-state index in [9.17, 15) is 0 Å². The van der Waals surface area contributed by atoms with E-state index in [0.29, 0.717) is 11.8 Å². The molecule has 3 aromatic rings. The van der Waals surface area contributed by atoms with Crippen molar-refractivity contribution in [3.05, 3.63) is 54.2 Å². The molecule has 130 valence electrons. The molecular weight excluding hydrogens is 314 g/mol. The maximum Gasteiger partial charge on any atom is 0.259 e. The molecule has 0 atom stereocenters. The van der Waals surface area contributed by atoms with Crippen molar-refractivity contribution in [2.24, 2.45) is 5.92 Å². The fourth-order valence-corrected chi connectivity index (χ4v) is 2.58. The van der Waals surface area contributed by atoms with Crippen LogP contribution in [0.3, 0.4) is 0 Å². The van der Waals surface area contributed by atoms with Crippen LogP contribution in [0.25, 0.3) is 11.5 Å². The van der Waals surface area contributed by atoms with Crippen LogP contribution in [-0.2, 0) is 13.0 Å². The van der Waals surface area contributed by atoms with E-state index in [1.54, 1.807) is 6.20 Å². The minimum absolute atomic E-state index is 0.497.